The summed E-state index contributed by atoms with van der Waals surface area (Å²) >= 11 is 6.20. The maximum absolute atomic E-state index is 13.4. The first-order chi connectivity index (χ1) is 16.7. The molecule has 2 aromatic rings. The highest BCUT2D eigenvalue weighted by Gasteiger charge is 2.39. The van der Waals surface area contributed by atoms with Gasteiger partial charge in [-0.1, -0.05) is 30.4 Å². The van der Waals surface area contributed by atoms with E-state index in [0.29, 0.717) is 25.3 Å². The molecule has 0 aliphatic carbocycles. The zero-order valence-corrected chi connectivity index (χ0v) is 20.3. The van der Waals surface area contributed by atoms with Crippen LogP contribution in [0.1, 0.15) is 48.1 Å². The van der Waals surface area contributed by atoms with Crippen LogP contribution in [0.4, 0.5) is 26.3 Å². The lowest BCUT2D eigenvalue weighted by atomic mass is 9.96. The number of alkyl halides is 6. The lowest BCUT2D eigenvalue weighted by Gasteiger charge is -2.17. The third kappa shape index (κ3) is 6.49. The number of carboxylic acid groups (broad SMARTS) is 1. The molecule has 0 bridgehead atoms. The van der Waals surface area contributed by atoms with Gasteiger partial charge in [0.25, 0.3) is 5.91 Å². The van der Waals surface area contributed by atoms with Crippen LogP contribution in [-0.4, -0.2) is 32.7 Å². The zero-order chi connectivity index (χ0) is 26.8. The van der Waals surface area contributed by atoms with Crippen molar-refractivity contribution in [1.82, 2.24) is 4.90 Å². The van der Waals surface area contributed by atoms with Gasteiger partial charge < -0.3 is 9.52 Å². The van der Waals surface area contributed by atoms with Crippen molar-refractivity contribution in [2.45, 2.75) is 45.0 Å². The Morgan fingerprint density at radius 3 is 2.42 bits per heavy atom. The SMILES string of the molecule is Cc1c(-c2ccc(C=C3SC(=S)N(CCCCCC(=O)O)C3=O)o2)cc(C(F)(F)F)cc1C(F)(F)F. The van der Waals surface area contributed by atoms with Gasteiger partial charge in [-0.05, 0) is 49.6 Å². The molecule has 0 radical (unpaired) electrons. The van der Waals surface area contributed by atoms with E-state index in [2.05, 4.69) is 0 Å². The molecule has 1 fully saturated rings. The van der Waals surface area contributed by atoms with E-state index in [1.165, 1.54) is 23.1 Å². The molecule has 36 heavy (non-hydrogen) atoms. The number of aliphatic carboxylic acids is 1. The second kappa shape index (κ2) is 10.7. The molecule has 3 rings (SSSR count). The highest BCUT2D eigenvalue weighted by Crippen LogP contribution is 2.42. The summed E-state index contributed by atoms with van der Waals surface area (Å²) in [6.45, 7) is 1.34. The van der Waals surface area contributed by atoms with Gasteiger partial charge in [0, 0.05) is 24.6 Å². The fourth-order valence-electron chi connectivity index (χ4n) is 3.55. The van der Waals surface area contributed by atoms with Crippen LogP contribution >= 0.6 is 24.0 Å². The van der Waals surface area contributed by atoms with Crippen molar-refractivity contribution < 1.29 is 45.5 Å². The van der Waals surface area contributed by atoms with Crippen molar-refractivity contribution in [3.8, 4) is 11.3 Å². The lowest BCUT2D eigenvalue weighted by molar-refractivity contribution is -0.143. The summed E-state index contributed by atoms with van der Waals surface area (Å²) in [6.07, 6.45) is -7.08. The third-order valence-corrected chi connectivity index (χ3v) is 6.73. The molecule has 0 atom stereocenters. The molecule has 1 N–H and O–H groups in total. The molecule has 1 aromatic heterocycles. The van der Waals surface area contributed by atoms with Gasteiger partial charge in [-0.3, -0.25) is 14.5 Å². The topological polar surface area (TPSA) is 70.8 Å². The number of carbonyl (C=O) groups is 2. The summed E-state index contributed by atoms with van der Waals surface area (Å²) in [5.74, 6) is -1.49. The van der Waals surface area contributed by atoms with Gasteiger partial charge in [-0.25, -0.2) is 0 Å². The predicted molar refractivity (Wildman–Crippen MR) is 125 cm³/mol. The Balaban J connectivity index is 1.83. The molecule has 1 aliphatic rings. The molecule has 13 heteroatoms. The minimum Gasteiger partial charge on any atom is -0.481 e. The number of nitrogens with zero attached hydrogens (tertiary/aromatic N) is 1. The Kier molecular flexibility index (Phi) is 8.23. The number of carbonyl (C=O) groups excluding carboxylic acids is 1. The van der Waals surface area contributed by atoms with E-state index in [0.717, 1.165) is 18.7 Å². The van der Waals surface area contributed by atoms with Crippen LogP contribution in [0, 0.1) is 6.92 Å². The van der Waals surface area contributed by atoms with Crippen LogP contribution < -0.4 is 0 Å². The van der Waals surface area contributed by atoms with Crippen LogP contribution in [0.2, 0.25) is 0 Å². The molecule has 0 spiro atoms. The predicted octanol–water partition coefficient (Wildman–Crippen LogP) is 7.14. The van der Waals surface area contributed by atoms with Crippen LogP contribution in [0.3, 0.4) is 0 Å². The van der Waals surface area contributed by atoms with Crippen LogP contribution in [-0.2, 0) is 21.9 Å². The largest absolute Gasteiger partial charge is 0.481 e. The van der Waals surface area contributed by atoms with Gasteiger partial charge in [-0.2, -0.15) is 26.3 Å². The van der Waals surface area contributed by atoms with E-state index in [1.54, 1.807) is 0 Å². The number of carboxylic acids is 1. The first kappa shape index (κ1) is 27.8. The second-order valence-electron chi connectivity index (χ2n) is 7.93. The maximum atomic E-state index is 13.4. The van der Waals surface area contributed by atoms with Gasteiger partial charge in [0.2, 0.25) is 0 Å². The molecular formula is C23H19F6NO4S2. The summed E-state index contributed by atoms with van der Waals surface area (Å²) in [6, 6.07) is 3.23. The average molecular weight is 552 g/mol. The number of hydrogen-bond acceptors (Lipinski definition) is 5. The number of amides is 1. The first-order valence-electron chi connectivity index (χ1n) is 10.5. The molecule has 1 aromatic carbocycles. The maximum Gasteiger partial charge on any atom is 0.416 e. The van der Waals surface area contributed by atoms with Gasteiger partial charge in [0.05, 0.1) is 16.0 Å². The molecule has 1 aliphatic heterocycles. The fraction of sp³-hybridized carbons (Fsp3) is 0.348. The number of halogens is 6. The summed E-state index contributed by atoms with van der Waals surface area (Å²) in [5, 5.41) is 8.67. The Bertz CT molecular complexity index is 1220. The van der Waals surface area contributed by atoms with Crippen molar-refractivity contribution in [3.05, 3.63) is 51.6 Å². The number of hydrogen-bond donors (Lipinski definition) is 1. The third-order valence-electron chi connectivity index (χ3n) is 5.35. The minimum atomic E-state index is -5.00. The van der Waals surface area contributed by atoms with E-state index >= 15 is 0 Å². The first-order valence-corrected chi connectivity index (χ1v) is 11.8. The molecule has 2 heterocycles. The van der Waals surface area contributed by atoms with E-state index in [4.69, 9.17) is 21.7 Å². The number of furan rings is 1. The number of benzene rings is 1. The van der Waals surface area contributed by atoms with E-state index in [9.17, 15) is 35.9 Å². The van der Waals surface area contributed by atoms with Crippen LogP contribution in [0.15, 0.2) is 33.6 Å². The number of unbranched alkanes of at least 4 members (excludes halogenated alkanes) is 2. The quantitative estimate of drug-likeness (QED) is 0.163. The molecule has 194 valence electrons. The Labute approximate surface area is 211 Å². The highest BCUT2D eigenvalue weighted by molar-refractivity contribution is 8.26. The van der Waals surface area contributed by atoms with Crippen molar-refractivity contribution in [3.63, 3.8) is 0 Å². The average Bonchev–Trinajstić information content (AvgIpc) is 3.31. The fourth-order valence-corrected chi connectivity index (χ4v) is 4.84. The number of thiocarbonyl (C=S) groups is 1. The van der Waals surface area contributed by atoms with Crippen molar-refractivity contribution in [1.29, 1.82) is 0 Å². The number of rotatable bonds is 8. The normalized spacial score (nSPS) is 15.9. The van der Waals surface area contributed by atoms with Gasteiger partial charge in [0.1, 0.15) is 15.8 Å². The molecule has 1 saturated heterocycles. The van der Waals surface area contributed by atoms with Crippen LogP contribution in [0.5, 0.6) is 0 Å². The van der Waals surface area contributed by atoms with Gasteiger partial charge in [-0.15, -0.1) is 0 Å². The molecule has 1 amide bonds. The Morgan fingerprint density at radius 2 is 1.81 bits per heavy atom. The molecule has 0 unspecified atom stereocenters. The van der Waals surface area contributed by atoms with Crippen LogP contribution in [0.25, 0.3) is 17.4 Å². The summed E-state index contributed by atoms with van der Waals surface area (Å²) in [7, 11) is 0. The van der Waals surface area contributed by atoms with Crippen molar-refractivity contribution in [2.75, 3.05) is 6.54 Å². The summed E-state index contributed by atoms with van der Waals surface area (Å²) in [4.78, 5) is 24.8. The molecular weight excluding hydrogens is 532 g/mol. The smallest absolute Gasteiger partial charge is 0.416 e. The summed E-state index contributed by atoms with van der Waals surface area (Å²) < 4.78 is 85.7. The zero-order valence-electron chi connectivity index (χ0n) is 18.6. The van der Waals surface area contributed by atoms with E-state index in [-0.39, 0.29) is 45.3 Å². The summed E-state index contributed by atoms with van der Waals surface area (Å²) in [5.41, 5.74) is -3.68. The lowest BCUT2D eigenvalue weighted by Crippen LogP contribution is -2.29. The van der Waals surface area contributed by atoms with Gasteiger partial charge >= 0.3 is 18.3 Å². The highest BCUT2D eigenvalue weighted by atomic mass is 32.2. The van der Waals surface area contributed by atoms with Crippen molar-refractivity contribution in [2.24, 2.45) is 0 Å². The Hall–Kier alpha value is -2.80. The van der Waals surface area contributed by atoms with E-state index < -0.39 is 40.9 Å². The molecule has 0 saturated carbocycles. The monoisotopic (exact) mass is 551 g/mol. The molecule has 5 nitrogen and oxygen atoms in total. The minimum absolute atomic E-state index is 0.0228. The number of thioether (sulfide) groups is 1. The standard InChI is InChI=1S/C23H19F6NO4S2/c1-12-15(9-13(22(24,25)26)10-16(12)23(27,28)29)17-7-6-14(34-17)11-18-20(33)30(21(35)36-18)8-4-2-3-5-19(31)32/h6-7,9-11H,2-5,8H2,1H3,(H,31,32). The van der Waals surface area contributed by atoms with Crippen molar-refractivity contribution >= 4 is 46.3 Å². The van der Waals surface area contributed by atoms with Gasteiger partial charge in [0.15, 0.2) is 0 Å². The second-order valence-corrected chi connectivity index (χ2v) is 9.61. The Morgan fingerprint density at radius 1 is 1.11 bits per heavy atom. The van der Waals surface area contributed by atoms with E-state index in [1.807, 2.05) is 0 Å².